The van der Waals surface area contributed by atoms with Crippen LogP contribution in [0.3, 0.4) is 0 Å². The molecule has 2 atom stereocenters. The van der Waals surface area contributed by atoms with Gasteiger partial charge >= 0.3 is 5.97 Å². The molecular weight excluding hydrogens is 418 g/mol. The van der Waals surface area contributed by atoms with E-state index in [-0.39, 0.29) is 18.2 Å². The zero-order valence-electron chi connectivity index (χ0n) is 19.9. The van der Waals surface area contributed by atoms with Crippen LogP contribution in [0.25, 0.3) is 0 Å². The molecule has 3 heterocycles. The van der Waals surface area contributed by atoms with Gasteiger partial charge in [-0.15, -0.1) is 0 Å². The van der Waals surface area contributed by atoms with Crippen molar-refractivity contribution in [1.82, 2.24) is 26.0 Å². The van der Waals surface area contributed by atoms with Crippen LogP contribution in [0.1, 0.15) is 45.0 Å². The molecule has 0 radical (unpaired) electrons. The van der Waals surface area contributed by atoms with Gasteiger partial charge in [-0.05, 0) is 63.2 Å². The average molecular weight is 450 g/mol. The molecule has 0 amide bonds. The lowest BCUT2D eigenvalue weighted by Crippen LogP contribution is -2.41. The molecule has 0 aliphatic carbocycles. The van der Waals surface area contributed by atoms with Crippen LogP contribution < -0.4 is 26.4 Å². The van der Waals surface area contributed by atoms with Gasteiger partial charge in [0.05, 0.1) is 24.1 Å². The van der Waals surface area contributed by atoms with Gasteiger partial charge in [-0.1, -0.05) is 12.1 Å². The Morgan fingerprint density at radius 2 is 2.09 bits per heavy atom. The Hall–Kier alpha value is -3.59. The first-order valence-corrected chi connectivity index (χ1v) is 10.9. The van der Waals surface area contributed by atoms with Gasteiger partial charge in [-0.2, -0.15) is 4.98 Å². The number of carbonyl (C=O) groups excluding carboxylic acids is 1. The number of fused-ring (bicyclic) bond motifs is 1. The van der Waals surface area contributed by atoms with E-state index in [1.807, 2.05) is 62.6 Å². The predicted octanol–water partition coefficient (Wildman–Crippen LogP) is 2.99. The fourth-order valence-electron chi connectivity index (χ4n) is 3.93. The van der Waals surface area contributed by atoms with Crippen LogP contribution in [-0.2, 0) is 14.9 Å². The molecule has 9 nitrogen and oxygen atoms in total. The number of carbonyl (C=O) groups is 1. The van der Waals surface area contributed by atoms with Crippen molar-refractivity contribution in [3.8, 4) is 0 Å². The van der Waals surface area contributed by atoms with Crippen molar-refractivity contribution >= 4 is 23.4 Å². The summed E-state index contributed by atoms with van der Waals surface area (Å²) < 4.78 is 4.95. The average Bonchev–Trinajstić information content (AvgIpc) is 3.10. The maximum atomic E-state index is 12.2. The quantitative estimate of drug-likeness (QED) is 0.496. The normalized spacial score (nSPS) is 19.8. The molecule has 0 bridgehead atoms. The summed E-state index contributed by atoms with van der Waals surface area (Å²) in [6.45, 7) is 7.85. The first-order valence-electron chi connectivity index (χ1n) is 10.9. The van der Waals surface area contributed by atoms with Gasteiger partial charge < -0.3 is 20.7 Å². The Bertz CT molecular complexity index is 1130. The lowest BCUT2D eigenvalue weighted by molar-refractivity contribution is -0.146. The minimum absolute atomic E-state index is 0.135. The van der Waals surface area contributed by atoms with E-state index < -0.39 is 5.41 Å². The van der Waals surface area contributed by atoms with Gasteiger partial charge in [0, 0.05) is 24.6 Å². The summed E-state index contributed by atoms with van der Waals surface area (Å²) in [4.78, 5) is 21.4. The summed E-state index contributed by atoms with van der Waals surface area (Å²) >= 11 is 0. The largest absolute Gasteiger partial charge is 0.468 e. The topological polar surface area (TPSA) is 103 Å². The third-order valence-corrected chi connectivity index (χ3v) is 6.01. The molecule has 0 saturated carbocycles. The lowest BCUT2D eigenvalue weighted by atomic mass is 9.84. The third kappa shape index (κ3) is 4.49. The van der Waals surface area contributed by atoms with Gasteiger partial charge in [-0.3, -0.25) is 9.80 Å². The highest BCUT2D eigenvalue weighted by Gasteiger charge is 2.32. The molecule has 2 aliphatic heterocycles. The molecule has 2 aliphatic rings. The number of nitrogens with zero attached hydrogens (tertiary/aromatic N) is 3. The number of allylic oxidation sites excluding steroid dienone is 2. The zero-order valence-corrected chi connectivity index (χ0v) is 19.9. The highest BCUT2D eigenvalue weighted by molar-refractivity contribution is 5.82. The highest BCUT2D eigenvalue weighted by Crippen LogP contribution is 2.31. The lowest BCUT2D eigenvalue weighted by Gasteiger charge is -2.26. The van der Waals surface area contributed by atoms with Crippen molar-refractivity contribution in [2.45, 2.75) is 45.3 Å². The molecule has 2 unspecified atom stereocenters. The second-order valence-corrected chi connectivity index (χ2v) is 8.94. The zero-order chi connectivity index (χ0) is 23.8. The van der Waals surface area contributed by atoms with Crippen LogP contribution in [0, 0.1) is 0 Å². The maximum absolute atomic E-state index is 12.2. The fourth-order valence-corrected chi connectivity index (χ4v) is 3.93. The van der Waals surface area contributed by atoms with E-state index in [0.717, 1.165) is 33.9 Å². The van der Waals surface area contributed by atoms with Crippen LogP contribution in [0.15, 0.2) is 54.0 Å². The number of hydrogen-bond donors (Lipinski definition) is 4. The van der Waals surface area contributed by atoms with E-state index in [9.17, 15) is 4.79 Å². The first kappa shape index (κ1) is 22.6. The van der Waals surface area contributed by atoms with E-state index in [2.05, 4.69) is 46.3 Å². The van der Waals surface area contributed by atoms with Gasteiger partial charge in [0.15, 0.2) is 5.82 Å². The van der Waals surface area contributed by atoms with E-state index in [0.29, 0.717) is 5.95 Å². The minimum atomic E-state index is -0.762. The summed E-state index contributed by atoms with van der Waals surface area (Å²) in [5.41, 5.74) is 7.49. The molecular formula is C24H31N7O2. The van der Waals surface area contributed by atoms with Crippen LogP contribution >= 0.6 is 0 Å². The fraction of sp³-hybridized carbons (Fsp3) is 0.375. The number of hydrazine groups is 1. The van der Waals surface area contributed by atoms with Gasteiger partial charge in [0.1, 0.15) is 6.17 Å². The summed E-state index contributed by atoms with van der Waals surface area (Å²) in [7, 11) is 3.33. The molecule has 0 fully saturated rings. The van der Waals surface area contributed by atoms with E-state index in [1.165, 1.54) is 7.11 Å². The van der Waals surface area contributed by atoms with Crippen molar-refractivity contribution < 1.29 is 9.53 Å². The Morgan fingerprint density at radius 3 is 2.85 bits per heavy atom. The predicted molar refractivity (Wildman–Crippen MR) is 129 cm³/mol. The number of nitrogens with one attached hydrogen (secondary N) is 4. The summed E-state index contributed by atoms with van der Waals surface area (Å²) in [5.74, 6) is 0.977. The number of esters is 1. The number of dihydropyridines is 1. The van der Waals surface area contributed by atoms with Crippen molar-refractivity contribution in [3.63, 3.8) is 0 Å². The smallest absolute Gasteiger partial charge is 0.315 e. The molecule has 0 saturated heterocycles. The molecule has 4 rings (SSSR count). The Labute approximate surface area is 194 Å². The molecule has 2 aromatic rings. The number of rotatable bonds is 6. The van der Waals surface area contributed by atoms with Gasteiger partial charge in [0.25, 0.3) is 0 Å². The van der Waals surface area contributed by atoms with Crippen LogP contribution in [-0.4, -0.2) is 36.1 Å². The molecule has 9 heteroatoms. The second-order valence-electron chi connectivity index (χ2n) is 8.94. The Balaban J connectivity index is 1.54. The standard InChI is InChI=1S/C24H31N7O2/c1-14-10-19(15(2)25-12-14)28-20-18-13-26-23(29-21(18)31(5)30-20)27-17-9-7-8-16(11-17)24(3,4)22(32)33-6/h7-13,15,20,25,28,30H,1-6H3,(H,26,27,29). The van der Waals surface area contributed by atoms with Crippen molar-refractivity contribution in [2.24, 2.45) is 0 Å². The number of anilines is 3. The highest BCUT2D eigenvalue weighted by atomic mass is 16.5. The summed E-state index contributed by atoms with van der Waals surface area (Å²) in [6, 6.07) is 7.83. The van der Waals surface area contributed by atoms with Crippen LogP contribution in [0.2, 0.25) is 0 Å². The molecule has 4 N–H and O–H groups in total. The summed E-state index contributed by atoms with van der Waals surface area (Å²) in [6.07, 6.45) is 5.84. The van der Waals surface area contributed by atoms with Crippen LogP contribution in [0.4, 0.5) is 17.5 Å². The monoisotopic (exact) mass is 449 g/mol. The third-order valence-electron chi connectivity index (χ3n) is 6.01. The SMILES string of the molecule is COC(=O)C(C)(C)c1cccc(Nc2ncc3c(n2)N(C)NC3NC2=CC(C)=CNC2C)c1. The molecule has 0 spiro atoms. The van der Waals surface area contributed by atoms with Crippen molar-refractivity contribution in [3.05, 3.63) is 65.1 Å². The number of benzene rings is 1. The Kier molecular flexibility index (Phi) is 5.99. The van der Waals surface area contributed by atoms with Gasteiger partial charge in [0.2, 0.25) is 5.95 Å². The minimum Gasteiger partial charge on any atom is -0.468 e. The van der Waals surface area contributed by atoms with Crippen molar-refractivity contribution in [2.75, 3.05) is 24.5 Å². The number of aromatic nitrogens is 2. The van der Waals surface area contributed by atoms with E-state index >= 15 is 0 Å². The molecule has 174 valence electrons. The number of methoxy groups -OCH3 is 1. The molecule has 33 heavy (non-hydrogen) atoms. The first-order chi connectivity index (χ1) is 15.7. The van der Waals surface area contributed by atoms with E-state index in [1.54, 1.807) is 0 Å². The van der Waals surface area contributed by atoms with E-state index in [4.69, 9.17) is 9.72 Å². The number of ether oxygens (including phenoxy) is 1. The molecule has 1 aromatic heterocycles. The maximum Gasteiger partial charge on any atom is 0.315 e. The van der Waals surface area contributed by atoms with Crippen LogP contribution in [0.5, 0.6) is 0 Å². The van der Waals surface area contributed by atoms with Gasteiger partial charge in [-0.25, -0.2) is 10.4 Å². The van der Waals surface area contributed by atoms with Crippen molar-refractivity contribution in [1.29, 1.82) is 0 Å². The summed E-state index contributed by atoms with van der Waals surface area (Å²) in [5, 5.41) is 12.0. The second kappa shape index (κ2) is 8.74. The number of hydrogen-bond acceptors (Lipinski definition) is 9. The molecule has 1 aromatic carbocycles. The Morgan fingerprint density at radius 1 is 1.30 bits per heavy atom.